The first kappa shape index (κ1) is 11.7. The minimum atomic E-state index is 0.660. The van der Waals surface area contributed by atoms with E-state index in [0.29, 0.717) is 11.6 Å². The van der Waals surface area contributed by atoms with E-state index in [9.17, 15) is 0 Å². The first-order chi connectivity index (χ1) is 7.17. The van der Waals surface area contributed by atoms with Crippen LogP contribution < -0.4 is 4.74 Å². The predicted molar refractivity (Wildman–Crippen MR) is 60.0 cm³/mol. The molecule has 3 nitrogen and oxygen atoms in total. The van der Waals surface area contributed by atoms with Crippen molar-refractivity contribution in [2.24, 2.45) is 0 Å². The van der Waals surface area contributed by atoms with Crippen molar-refractivity contribution in [2.45, 2.75) is 6.42 Å². The number of nitriles is 1. The van der Waals surface area contributed by atoms with Crippen molar-refractivity contribution < 1.29 is 4.74 Å². The number of nitrogens with zero attached hydrogens (tertiary/aromatic N) is 2. The van der Waals surface area contributed by atoms with Gasteiger partial charge in [-0.25, -0.2) is 0 Å². The highest BCUT2D eigenvalue weighted by molar-refractivity contribution is 6.30. The molecule has 0 aliphatic heterocycles. The third-order valence-corrected chi connectivity index (χ3v) is 2.36. The molecule has 0 atom stereocenters. The molecule has 0 N–H and O–H groups in total. The van der Waals surface area contributed by atoms with Crippen LogP contribution in [0.2, 0.25) is 5.02 Å². The number of likely N-dealkylation sites (N-methyl/N-ethyl adjacent to an activating group) is 1. The number of methoxy groups -OCH3 is 1. The van der Waals surface area contributed by atoms with Gasteiger partial charge in [-0.3, -0.25) is 0 Å². The number of hydrogen-bond donors (Lipinski definition) is 0. The zero-order valence-corrected chi connectivity index (χ0v) is 9.58. The molecular weight excluding hydrogens is 212 g/mol. The van der Waals surface area contributed by atoms with Crippen molar-refractivity contribution in [2.75, 3.05) is 20.7 Å². The van der Waals surface area contributed by atoms with Crippen molar-refractivity contribution >= 4 is 11.6 Å². The highest BCUT2D eigenvalue weighted by atomic mass is 35.5. The van der Waals surface area contributed by atoms with Crippen LogP contribution >= 0.6 is 11.6 Å². The van der Waals surface area contributed by atoms with Crippen molar-refractivity contribution in [3.63, 3.8) is 0 Å². The summed E-state index contributed by atoms with van der Waals surface area (Å²) < 4.78 is 5.21. The minimum Gasteiger partial charge on any atom is -0.496 e. The Labute approximate surface area is 94.8 Å². The molecule has 0 aromatic heterocycles. The van der Waals surface area contributed by atoms with Gasteiger partial charge in [-0.05, 0) is 30.2 Å². The van der Waals surface area contributed by atoms with E-state index in [4.69, 9.17) is 21.6 Å². The lowest BCUT2D eigenvalue weighted by atomic mass is 10.1. The molecule has 0 aliphatic carbocycles. The Hall–Kier alpha value is -1.40. The molecule has 1 aromatic rings. The Kier molecular flexibility index (Phi) is 4.26. The topological polar surface area (TPSA) is 36.3 Å². The first-order valence-corrected chi connectivity index (χ1v) is 4.98. The fourth-order valence-electron chi connectivity index (χ4n) is 1.28. The number of ether oxygens (including phenoxy) is 1. The number of rotatable bonds is 4. The summed E-state index contributed by atoms with van der Waals surface area (Å²) in [5, 5.41) is 9.30. The maximum Gasteiger partial charge on any atom is 0.179 e. The van der Waals surface area contributed by atoms with E-state index in [1.807, 2.05) is 18.3 Å². The maximum absolute atomic E-state index is 8.61. The second-order valence-electron chi connectivity index (χ2n) is 3.23. The molecule has 0 saturated carbocycles. The normalized spacial score (nSPS) is 9.47. The smallest absolute Gasteiger partial charge is 0.179 e. The molecule has 0 radical (unpaired) electrons. The second-order valence-corrected chi connectivity index (χ2v) is 3.66. The fraction of sp³-hybridized carbons (Fsp3) is 0.364. The summed E-state index contributed by atoms with van der Waals surface area (Å²) in [5.41, 5.74) is 1.02. The molecule has 80 valence electrons. The van der Waals surface area contributed by atoms with Crippen LogP contribution in [0, 0.1) is 11.5 Å². The van der Waals surface area contributed by atoms with Gasteiger partial charge in [0.15, 0.2) is 6.19 Å². The maximum atomic E-state index is 8.61. The Bertz CT molecular complexity index is 373. The van der Waals surface area contributed by atoms with Gasteiger partial charge in [-0.15, -0.1) is 0 Å². The molecule has 0 aliphatic rings. The lowest BCUT2D eigenvalue weighted by Gasteiger charge is -2.11. The summed E-state index contributed by atoms with van der Waals surface area (Å²) in [4.78, 5) is 1.57. The summed E-state index contributed by atoms with van der Waals surface area (Å²) in [6, 6.07) is 5.49. The molecular formula is C11H13ClN2O. The Morgan fingerprint density at radius 1 is 1.53 bits per heavy atom. The van der Waals surface area contributed by atoms with Crippen molar-refractivity contribution in [1.29, 1.82) is 5.26 Å². The van der Waals surface area contributed by atoms with Gasteiger partial charge in [-0.2, -0.15) is 5.26 Å². The van der Waals surface area contributed by atoms with Crippen LogP contribution in [0.1, 0.15) is 5.56 Å². The minimum absolute atomic E-state index is 0.660. The van der Waals surface area contributed by atoms with Crippen LogP contribution in [0.5, 0.6) is 5.75 Å². The van der Waals surface area contributed by atoms with Crippen LogP contribution in [0.25, 0.3) is 0 Å². The van der Waals surface area contributed by atoms with Gasteiger partial charge >= 0.3 is 0 Å². The quantitative estimate of drug-likeness (QED) is 0.582. The summed E-state index contributed by atoms with van der Waals surface area (Å²) >= 11 is 5.89. The number of benzene rings is 1. The Balaban J connectivity index is 2.75. The summed E-state index contributed by atoms with van der Waals surface area (Å²) in [6.07, 6.45) is 2.79. The van der Waals surface area contributed by atoms with Crippen LogP contribution in [0.15, 0.2) is 18.2 Å². The van der Waals surface area contributed by atoms with E-state index in [1.165, 1.54) is 0 Å². The summed E-state index contributed by atoms with van der Waals surface area (Å²) in [6.45, 7) is 0.660. The first-order valence-electron chi connectivity index (χ1n) is 4.60. The number of halogens is 1. The molecule has 0 bridgehead atoms. The molecule has 1 rings (SSSR count). The Morgan fingerprint density at radius 2 is 2.27 bits per heavy atom. The van der Waals surface area contributed by atoms with Gasteiger partial charge in [0.05, 0.1) is 7.11 Å². The monoisotopic (exact) mass is 224 g/mol. The Morgan fingerprint density at radius 3 is 2.87 bits per heavy atom. The van der Waals surface area contributed by atoms with Crippen molar-refractivity contribution in [3.05, 3.63) is 28.8 Å². The average Bonchev–Trinajstić information content (AvgIpc) is 2.26. The highest BCUT2D eigenvalue weighted by Crippen LogP contribution is 2.22. The van der Waals surface area contributed by atoms with Gasteiger partial charge < -0.3 is 9.64 Å². The lowest BCUT2D eigenvalue weighted by molar-refractivity contribution is 0.404. The lowest BCUT2D eigenvalue weighted by Crippen LogP contribution is -2.14. The number of hydrogen-bond acceptors (Lipinski definition) is 3. The van der Waals surface area contributed by atoms with Crippen LogP contribution in [0.3, 0.4) is 0 Å². The van der Waals surface area contributed by atoms with Gasteiger partial charge in [0.25, 0.3) is 0 Å². The van der Waals surface area contributed by atoms with Gasteiger partial charge in [0.1, 0.15) is 5.75 Å². The van der Waals surface area contributed by atoms with Crippen molar-refractivity contribution in [1.82, 2.24) is 4.90 Å². The fourth-order valence-corrected chi connectivity index (χ4v) is 1.48. The summed E-state index contributed by atoms with van der Waals surface area (Å²) in [7, 11) is 3.37. The van der Waals surface area contributed by atoms with Gasteiger partial charge in [-0.1, -0.05) is 11.6 Å². The van der Waals surface area contributed by atoms with E-state index in [0.717, 1.165) is 17.7 Å². The zero-order valence-electron chi connectivity index (χ0n) is 8.83. The molecule has 1 aromatic carbocycles. The molecule has 0 heterocycles. The molecule has 15 heavy (non-hydrogen) atoms. The standard InChI is InChI=1S/C11H13ClN2O/c1-14(8-13)6-5-9-7-10(12)3-4-11(9)15-2/h3-4,7H,5-6H2,1-2H3. The van der Waals surface area contributed by atoms with Gasteiger partial charge in [0, 0.05) is 18.6 Å². The van der Waals surface area contributed by atoms with E-state index in [1.54, 1.807) is 25.1 Å². The largest absolute Gasteiger partial charge is 0.496 e. The molecule has 0 spiro atoms. The van der Waals surface area contributed by atoms with Crippen LogP contribution in [-0.2, 0) is 6.42 Å². The second kappa shape index (κ2) is 5.47. The third-order valence-electron chi connectivity index (χ3n) is 2.13. The molecule has 0 saturated heterocycles. The SMILES string of the molecule is COc1ccc(Cl)cc1CCN(C)C#N. The van der Waals surface area contributed by atoms with E-state index in [-0.39, 0.29) is 0 Å². The molecule has 0 fully saturated rings. The van der Waals surface area contributed by atoms with Crippen LogP contribution in [0.4, 0.5) is 0 Å². The third kappa shape index (κ3) is 3.34. The molecule has 0 amide bonds. The molecule has 0 unspecified atom stereocenters. The van der Waals surface area contributed by atoms with E-state index in [2.05, 4.69) is 0 Å². The van der Waals surface area contributed by atoms with Crippen LogP contribution in [-0.4, -0.2) is 25.6 Å². The predicted octanol–water partition coefficient (Wildman–Crippen LogP) is 2.30. The zero-order chi connectivity index (χ0) is 11.3. The van der Waals surface area contributed by atoms with Gasteiger partial charge in [0.2, 0.25) is 0 Å². The van der Waals surface area contributed by atoms with E-state index < -0.39 is 0 Å². The summed E-state index contributed by atoms with van der Waals surface area (Å²) in [5.74, 6) is 0.811. The highest BCUT2D eigenvalue weighted by Gasteiger charge is 2.04. The average molecular weight is 225 g/mol. The molecule has 4 heteroatoms. The van der Waals surface area contributed by atoms with E-state index >= 15 is 0 Å². The van der Waals surface area contributed by atoms with Crippen molar-refractivity contribution in [3.8, 4) is 11.9 Å².